The maximum absolute atomic E-state index is 11.8. The molecule has 1 unspecified atom stereocenters. The van der Waals surface area contributed by atoms with Crippen LogP contribution in [-0.2, 0) is 9.57 Å². The Balaban J connectivity index is 1.69. The van der Waals surface area contributed by atoms with Gasteiger partial charge < -0.3 is 4.74 Å². The van der Waals surface area contributed by atoms with Crippen LogP contribution >= 0.6 is 0 Å². The summed E-state index contributed by atoms with van der Waals surface area (Å²) >= 11 is 0. The van der Waals surface area contributed by atoms with E-state index in [0.29, 0.717) is 13.0 Å². The monoisotopic (exact) mass is 239 g/mol. The third kappa shape index (κ3) is 3.09. The van der Waals surface area contributed by atoms with Gasteiger partial charge in [0.2, 0.25) is 0 Å². The van der Waals surface area contributed by atoms with Crippen molar-refractivity contribution in [3.8, 4) is 0 Å². The first-order valence-corrected chi connectivity index (χ1v) is 5.57. The molecule has 1 saturated heterocycles. The van der Waals surface area contributed by atoms with Gasteiger partial charge in [-0.1, -0.05) is 0 Å². The first-order chi connectivity index (χ1) is 7.49. The van der Waals surface area contributed by atoms with Gasteiger partial charge in [-0.3, -0.25) is 4.84 Å². The first-order valence-electron chi connectivity index (χ1n) is 5.57. The molecule has 1 spiro atoms. The van der Waals surface area contributed by atoms with Gasteiger partial charge in [-0.15, -0.1) is 0 Å². The van der Waals surface area contributed by atoms with E-state index in [2.05, 4.69) is 10.3 Å². The van der Waals surface area contributed by atoms with E-state index in [1.54, 1.807) is 0 Å². The highest BCUT2D eigenvalue weighted by atomic mass is 19.4. The second kappa shape index (κ2) is 4.50. The third-order valence-electron chi connectivity index (χ3n) is 3.24. The normalized spacial score (nSPS) is 29.1. The lowest BCUT2D eigenvalue weighted by Crippen LogP contribution is -2.51. The zero-order valence-electron chi connectivity index (χ0n) is 8.98. The van der Waals surface area contributed by atoms with Crippen molar-refractivity contribution in [1.82, 2.24) is 5.48 Å². The molecule has 0 amide bonds. The molecular formula is C10H16F3NO2. The summed E-state index contributed by atoms with van der Waals surface area (Å²) in [6, 6.07) is -0.0172. The van der Waals surface area contributed by atoms with Gasteiger partial charge in [0.05, 0.1) is 5.60 Å². The summed E-state index contributed by atoms with van der Waals surface area (Å²) in [6.07, 6.45) is 0.377. The van der Waals surface area contributed by atoms with Crippen LogP contribution in [0.25, 0.3) is 0 Å². The van der Waals surface area contributed by atoms with E-state index in [-0.39, 0.29) is 11.6 Å². The van der Waals surface area contributed by atoms with E-state index < -0.39 is 12.8 Å². The summed E-state index contributed by atoms with van der Waals surface area (Å²) in [6.45, 7) is -0.635. The largest absolute Gasteiger partial charge is 0.413 e. The van der Waals surface area contributed by atoms with Crippen molar-refractivity contribution >= 4 is 0 Å². The fraction of sp³-hybridized carbons (Fsp3) is 1.00. The van der Waals surface area contributed by atoms with E-state index in [1.165, 1.54) is 0 Å². The Bertz CT molecular complexity index is 241. The summed E-state index contributed by atoms with van der Waals surface area (Å²) in [5.74, 6) is 0. The minimum Gasteiger partial charge on any atom is -0.375 e. The highest BCUT2D eigenvalue weighted by molar-refractivity contribution is 4.95. The van der Waals surface area contributed by atoms with Gasteiger partial charge in [-0.25, -0.2) is 0 Å². The number of halogens is 3. The predicted octanol–water partition coefficient (Wildman–Crippen LogP) is 2.17. The molecule has 1 saturated carbocycles. The van der Waals surface area contributed by atoms with Crippen molar-refractivity contribution in [2.24, 2.45) is 0 Å². The van der Waals surface area contributed by atoms with E-state index in [1.807, 2.05) is 0 Å². The lowest BCUT2D eigenvalue weighted by Gasteiger charge is -2.47. The minimum atomic E-state index is -4.27. The first kappa shape index (κ1) is 12.1. The molecule has 0 radical (unpaired) electrons. The van der Waals surface area contributed by atoms with Crippen molar-refractivity contribution < 1.29 is 22.7 Å². The summed E-state index contributed by atoms with van der Waals surface area (Å²) in [5.41, 5.74) is 2.43. The molecule has 1 aliphatic carbocycles. The molecule has 6 heteroatoms. The molecule has 0 aromatic heterocycles. The SMILES string of the molecule is FC(F)(F)CONC1CCOC2(CCC2)C1. The molecule has 2 rings (SSSR count). The minimum absolute atomic E-state index is 0.0172. The quantitative estimate of drug-likeness (QED) is 0.766. The van der Waals surface area contributed by atoms with Gasteiger partial charge in [0.1, 0.15) is 0 Å². The Labute approximate surface area is 92.2 Å². The lowest BCUT2D eigenvalue weighted by atomic mass is 9.74. The molecule has 94 valence electrons. The van der Waals surface area contributed by atoms with Crippen LogP contribution in [0.15, 0.2) is 0 Å². The fourth-order valence-corrected chi connectivity index (χ4v) is 2.29. The Morgan fingerprint density at radius 2 is 2.12 bits per heavy atom. The number of rotatable bonds is 3. The molecule has 1 atom stereocenters. The standard InChI is InChI=1S/C10H16F3NO2/c11-10(12,13)7-16-14-8-2-5-15-9(6-8)3-1-4-9/h8,14H,1-7H2. The molecule has 1 N–H and O–H groups in total. The summed E-state index contributed by atoms with van der Waals surface area (Å²) in [7, 11) is 0. The van der Waals surface area contributed by atoms with Gasteiger partial charge in [-0.05, 0) is 32.1 Å². The average Bonchev–Trinajstić information content (AvgIpc) is 2.14. The van der Waals surface area contributed by atoms with Crippen molar-refractivity contribution in [2.45, 2.75) is 49.9 Å². The maximum atomic E-state index is 11.8. The van der Waals surface area contributed by atoms with E-state index in [0.717, 1.165) is 25.7 Å². The average molecular weight is 239 g/mol. The zero-order chi connectivity index (χ0) is 11.6. The molecule has 0 aromatic rings. The van der Waals surface area contributed by atoms with Gasteiger partial charge in [0, 0.05) is 12.6 Å². The highest BCUT2D eigenvalue weighted by Gasteiger charge is 2.42. The van der Waals surface area contributed by atoms with Crippen molar-refractivity contribution in [2.75, 3.05) is 13.2 Å². The van der Waals surface area contributed by atoms with Gasteiger partial charge in [0.25, 0.3) is 0 Å². The molecule has 16 heavy (non-hydrogen) atoms. The number of hydroxylamine groups is 1. The van der Waals surface area contributed by atoms with Crippen LogP contribution in [0.2, 0.25) is 0 Å². The smallest absolute Gasteiger partial charge is 0.375 e. The van der Waals surface area contributed by atoms with Crippen molar-refractivity contribution in [3.05, 3.63) is 0 Å². The maximum Gasteiger partial charge on any atom is 0.413 e. The molecule has 3 nitrogen and oxygen atoms in total. The second-order valence-electron chi connectivity index (χ2n) is 4.60. The van der Waals surface area contributed by atoms with Crippen molar-refractivity contribution in [1.29, 1.82) is 0 Å². The molecular weight excluding hydrogens is 223 g/mol. The zero-order valence-corrected chi connectivity index (χ0v) is 8.98. The van der Waals surface area contributed by atoms with Gasteiger partial charge in [0.15, 0.2) is 6.61 Å². The third-order valence-corrected chi connectivity index (χ3v) is 3.24. The fourth-order valence-electron chi connectivity index (χ4n) is 2.29. The van der Waals surface area contributed by atoms with Gasteiger partial charge >= 0.3 is 6.18 Å². The van der Waals surface area contributed by atoms with Crippen LogP contribution in [0, 0.1) is 0 Å². The lowest BCUT2D eigenvalue weighted by molar-refractivity contribution is -0.203. The second-order valence-corrected chi connectivity index (χ2v) is 4.60. The predicted molar refractivity (Wildman–Crippen MR) is 50.7 cm³/mol. The molecule has 0 bridgehead atoms. The van der Waals surface area contributed by atoms with E-state index in [4.69, 9.17) is 4.74 Å². The summed E-state index contributed by atoms with van der Waals surface area (Å²) in [5, 5.41) is 0. The van der Waals surface area contributed by atoms with Gasteiger partial charge in [-0.2, -0.15) is 18.7 Å². The number of nitrogens with one attached hydrogen (secondary N) is 1. The van der Waals surface area contributed by atoms with Crippen LogP contribution in [0.5, 0.6) is 0 Å². The Kier molecular flexibility index (Phi) is 3.42. The number of ether oxygens (including phenoxy) is 1. The van der Waals surface area contributed by atoms with Crippen LogP contribution in [-0.4, -0.2) is 31.0 Å². The molecule has 2 fully saturated rings. The van der Waals surface area contributed by atoms with Crippen LogP contribution in [0.3, 0.4) is 0 Å². The Hall–Kier alpha value is -0.330. The molecule has 2 aliphatic rings. The Morgan fingerprint density at radius 3 is 2.69 bits per heavy atom. The topological polar surface area (TPSA) is 30.5 Å². The highest BCUT2D eigenvalue weighted by Crippen LogP contribution is 2.42. The summed E-state index contributed by atoms with van der Waals surface area (Å²) < 4.78 is 41.2. The van der Waals surface area contributed by atoms with E-state index >= 15 is 0 Å². The number of hydrogen-bond donors (Lipinski definition) is 1. The number of hydrogen-bond acceptors (Lipinski definition) is 3. The van der Waals surface area contributed by atoms with Crippen LogP contribution in [0.1, 0.15) is 32.1 Å². The summed E-state index contributed by atoms with van der Waals surface area (Å²) in [4.78, 5) is 4.47. The van der Waals surface area contributed by atoms with Crippen LogP contribution < -0.4 is 5.48 Å². The van der Waals surface area contributed by atoms with Crippen LogP contribution in [0.4, 0.5) is 13.2 Å². The van der Waals surface area contributed by atoms with E-state index in [9.17, 15) is 13.2 Å². The molecule has 0 aromatic carbocycles. The molecule has 1 heterocycles. The molecule has 1 aliphatic heterocycles. The Morgan fingerprint density at radius 1 is 1.38 bits per heavy atom. The number of alkyl halides is 3. The van der Waals surface area contributed by atoms with Crippen molar-refractivity contribution in [3.63, 3.8) is 0 Å².